The molecule has 158 valence electrons. The fraction of sp³-hybridized carbons (Fsp3) is 0.174. The summed E-state index contributed by atoms with van der Waals surface area (Å²) in [6.07, 6.45) is 1.55. The molecule has 3 aromatic rings. The fourth-order valence-corrected chi connectivity index (χ4v) is 3.61. The highest BCUT2D eigenvalue weighted by Gasteiger charge is 2.54. The Labute approximate surface area is 179 Å². The summed E-state index contributed by atoms with van der Waals surface area (Å²) in [6.45, 7) is 1.73. The van der Waals surface area contributed by atoms with E-state index < -0.39 is 23.4 Å². The molecule has 3 N–H and O–H groups in total. The molecule has 8 nitrogen and oxygen atoms in total. The minimum absolute atomic E-state index is 0.109. The maximum absolute atomic E-state index is 13.5. The van der Waals surface area contributed by atoms with Gasteiger partial charge >= 0.3 is 6.03 Å². The Bertz CT molecular complexity index is 1030. The van der Waals surface area contributed by atoms with Crippen molar-refractivity contribution in [3.05, 3.63) is 95.9 Å². The maximum Gasteiger partial charge on any atom is 0.344 e. The molecule has 0 aliphatic carbocycles. The molecule has 0 unspecified atom stereocenters. The normalized spacial score (nSPS) is 16.1. The third-order valence-corrected chi connectivity index (χ3v) is 5.21. The predicted octanol–water partition coefficient (Wildman–Crippen LogP) is 2.46. The molecule has 0 radical (unpaired) electrons. The van der Waals surface area contributed by atoms with Crippen LogP contribution in [0.2, 0.25) is 0 Å². The highest BCUT2D eigenvalue weighted by Crippen LogP contribution is 2.35. The van der Waals surface area contributed by atoms with E-state index in [9.17, 15) is 14.4 Å². The second kappa shape index (κ2) is 8.45. The summed E-state index contributed by atoms with van der Waals surface area (Å²) in [5.41, 5.74) is 2.18. The molecular formula is C23H22N4O4. The van der Waals surface area contributed by atoms with Gasteiger partial charge in [-0.1, -0.05) is 60.7 Å². The van der Waals surface area contributed by atoms with Gasteiger partial charge in [0.1, 0.15) is 5.76 Å². The van der Waals surface area contributed by atoms with Gasteiger partial charge in [-0.25, -0.2) is 4.79 Å². The van der Waals surface area contributed by atoms with E-state index in [0.717, 1.165) is 5.01 Å². The highest BCUT2D eigenvalue weighted by molar-refractivity contribution is 6.10. The Hall–Kier alpha value is -3.91. The highest BCUT2D eigenvalue weighted by atomic mass is 16.3. The second-order valence-electron chi connectivity index (χ2n) is 7.21. The number of benzene rings is 2. The first kappa shape index (κ1) is 20.4. The lowest BCUT2D eigenvalue weighted by Gasteiger charge is -2.27. The fourth-order valence-electron chi connectivity index (χ4n) is 3.61. The van der Waals surface area contributed by atoms with E-state index in [2.05, 4.69) is 16.1 Å². The number of carbonyl (C=O) groups excluding carboxylic acids is 3. The van der Waals surface area contributed by atoms with Crippen LogP contribution >= 0.6 is 0 Å². The van der Waals surface area contributed by atoms with E-state index in [1.165, 1.54) is 0 Å². The molecule has 4 amide bonds. The van der Waals surface area contributed by atoms with Gasteiger partial charge in [0.05, 0.1) is 18.8 Å². The van der Waals surface area contributed by atoms with Gasteiger partial charge in [0, 0.05) is 0 Å². The Morgan fingerprint density at radius 2 is 1.61 bits per heavy atom. The first-order valence-corrected chi connectivity index (χ1v) is 9.86. The maximum atomic E-state index is 13.5. The average Bonchev–Trinajstić information content (AvgIpc) is 3.42. The monoisotopic (exact) mass is 418 g/mol. The number of imide groups is 1. The summed E-state index contributed by atoms with van der Waals surface area (Å²) < 4.78 is 5.30. The van der Waals surface area contributed by atoms with Crippen molar-refractivity contribution in [3.8, 4) is 0 Å². The van der Waals surface area contributed by atoms with Gasteiger partial charge in [0.2, 0.25) is 0 Å². The number of amides is 4. The zero-order chi connectivity index (χ0) is 21.8. The molecule has 0 spiro atoms. The third-order valence-electron chi connectivity index (χ3n) is 5.21. The number of hydrogen-bond donors (Lipinski definition) is 3. The topological polar surface area (TPSA) is 104 Å². The molecule has 2 aromatic carbocycles. The predicted molar refractivity (Wildman–Crippen MR) is 112 cm³/mol. The molecule has 8 heteroatoms. The molecular weight excluding hydrogens is 396 g/mol. The van der Waals surface area contributed by atoms with Crippen LogP contribution in [0.3, 0.4) is 0 Å². The molecule has 1 saturated heterocycles. The minimum Gasteiger partial charge on any atom is -0.468 e. The molecule has 4 rings (SSSR count). The van der Waals surface area contributed by atoms with Crippen molar-refractivity contribution in [2.45, 2.75) is 18.5 Å². The van der Waals surface area contributed by atoms with Crippen LogP contribution in [0.25, 0.3) is 0 Å². The molecule has 1 fully saturated rings. The zero-order valence-corrected chi connectivity index (χ0v) is 16.9. The van der Waals surface area contributed by atoms with Gasteiger partial charge in [0.25, 0.3) is 11.8 Å². The Balaban J connectivity index is 1.54. The summed E-state index contributed by atoms with van der Waals surface area (Å²) in [4.78, 5) is 38.7. The van der Waals surface area contributed by atoms with Gasteiger partial charge in [-0.15, -0.1) is 0 Å². The van der Waals surface area contributed by atoms with Crippen molar-refractivity contribution in [3.63, 3.8) is 0 Å². The van der Waals surface area contributed by atoms with Crippen molar-refractivity contribution < 1.29 is 18.8 Å². The number of nitrogens with zero attached hydrogens (tertiary/aromatic N) is 1. The summed E-state index contributed by atoms with van der Waals surface area (Å²) in [6, 6.07) is 20.5. The third kappa shape index (κ3) is 3.80. The Morgan fingerprint density at radius 1 is 1.00 bits per heavy atom. The lowest BCUT2D eigenvalue weighted by atomic mass is 9.83. The van der Waals surface area contributed by atoms with Crippen LogP contribution in [0.1, 0.15) is 29.9 Å². The van der Waals surface area contributed by atoms with E-state index in [4.69, 9.17) is 4.42 Å². The van der Waals surface area contributed by atoms with Crippen LogP contribution in [0, 0.1) is 0 Å². The molecule has 1 aliphatic rings. The smallest absolute Gasteiger partial charge is 0.344 e. The molecule has 31 heavy (non-hydrogen) atoms. The van der Waals surface area contributed by atoms with Crippen LogP contribution in [-0.4, -0.2) is 29.4 Å². The number of hydrazine groups is 1. The van der Waals surface area contributed by atoms with Crippen LogP contribution in [0.5, 0.6) is 0 Å². The number of nitrogens with one attached hydrogen (secondary N) is 3. The molecule has 1 aromatic heterocycles. The van der Waals surface area contributed by atoms with Gasteiger partial charge in [0.15, 0.2) is 5.54 Å². The van der Waals surface area contributed by atoms with Crippen LogP contribution < -0.4 is 16.1 Å². The molecule has 0 saturated carbocycles. The lowest BCUT2D eigenvalue weighted by molar-refractivity contribution is -0.138. The van der Waals surface area contributed by atoms with E-state index in [0.29, 0.717) is 16.9 Å². The minimum atomic E-state index is -1.43. The summed E-state index contributed by atoms with van der Waals surface area (Å²) in [7, 11) is 0. The number of furan rings is 1. The van der Waals surface area contributed by atoms with Crippen LogP contribution in [0.4, 0.5) is 4.79 Å². The van der Waals surface area contributed by atoms with E-state index in [1.807, 2.05) is 19.1 Å². The lowest BCUT2D eigenvalue weighted by Crippen LogP contribution is -2.51. The summed E-state index contributed by atoms with van der Waals surface area (Å²) in [5.74, 6) is -0.434. The van der Waals surface area contributed by atoms with Gasteiger partial charge in [-0.3, -0.25) is 20.3 Å². The van der Waals surface area contributed by atoms with E-state index >= 15 is 0 Å². The Kier molecular flexibility index (Phi) is 5.55. The molecule has 1 aliphatic heterocycles. The van der Waals surface area contributed by atoms with Crippen molar-refractivity contribution in [2.75, 3.05) is 6.54 Å². The SMILES string of the molecule is C[C@H](NCC(=O)NN1C(=O)NC(c2ccccc2)(c2ccccc2)C1=O)c1ccco1. The van der Waals surface area contributed by atoms with Crippen LogP contribution in [0.15, 0.2) is 83.5 Å². The van der Waals surface area contributed by atoms with Crippen molar-refractivity contribution >= 4 is 17.8 Å². The zero-order valence-electron chi connectivity index (χ0n) is 16.9. The first-order chi connectivity index (χ1) is 15.0. The second-order valence-corrected chi connectivity index (χ2v) is 7.21. The number of hydrogen-bond acceptors (Lipinski definition) is 5. The summed E-state index contributed by atoms with van der Waals surface area (Å²) in [5, 5.41) is 6.51. The van der Waals surface area contributed by atoms with Gasteiger partial charge in [-0.2, -0.15) is 5.01 Å². The van der Waals surface area contributed by atoms with Crippen molar-refractivity contribution in [1.29, 1.82) is 0 Å². The quantitative estimate of drug-likeness (QED) is 0.512. The van der Waals surface area contributed by atoms with Crippen molar-refractivity contribution in [1.82, 2.24) is 21.1 Å². The van der Waals surface area contributed by atoms with E-state index in [1.54, 1.807) is 66.9 Å². The number of rotatable bonds is 7. The largest absolute Gasteiger partial charge is 0.468 e. The van der Waals surface area contributed by atoms with E-state index in [-0.39, 0.29) is 12.6 Å². The standard InChI is InChI=1S/C23H22N4O4/c1-16(19-13-8-14-31-19)24-15-20(28)26-27-21(29)23(25-22(27)30,17-9-4-2-5-10-17)18-11-6-3-7-12-18/h2-14,16,24H,15H2,1H3,(H,25,30)(H,26,28)/t16-/m0/s1. The summed E-state index contributed by atoms with van der Waals surface area (Å²) >= 11 is 0. The molecule has 2 heterocycles. The van der Waals surface area contributed by atoms with Crippen molar-refractivity contribution in [2.24, 2.45) is 0 Å². The Morgan fingerprint density at radius 3 is 2.16 bits per heavy atom. The molecule has 0 bridgehead atoms. The number of carbonyl (C=O) groups is 3. The average molecular weight is 418 g/mol. The van der Waals surface area contributed by atoms with Gasteiger partial charge < -0.3 is 9.73 Å². The first-order valence-electron chi connectivity index (χ1n) is 9.86. The number of urea groups is 1. The molecule has 1 atom stereocenters. The van der Waals surface area contributed by atoms with Gasteiger partial charge in [-0.05, 0) is 30.2 Å². The van der Waals surface area contributed by atoms with Crippen LogP contribution in [-0.2, 0) is 15.1 Å².